The molecular formula is C14H10Cl2N2O4. The molecule has 0 aliphatic rings. The van der Waals surface area contributed by atoms with Crippen molar-refractivity contribution in [3.05, 3.63) is 67.7 Å². The van der Waals surface area contributed by atoms with E-state index < -0.39 is 4.92 Å². The lowest BCUT2D eigenvalue weighted by Crippen LogP contribution is -1.98. The van der Waals surface area contributed by atoms with Gasteiger partial charge in [0.25, 0.3) is 5.69 Å². The maximum atomic E-state index is 10.6. The molecule has 0 spiro atoms. The lowest BCUT2D eigenvalue weighted by Gasteiger charge is -2.10. The number of nitro groups is 1. The summed E-state index contributed by atoms with van der Waals surface area (Å²) >= 11 is 12.1. The van der Waals surface area contributed by atoms with Gasteiger partial charge in [-0.25, -0.2) is 0 Å². The Morgan fingerprint density at radius 1 is 1.23 bits per heavy atom. The summed E-state index contributed by atoms with van der Waals surface area (Å²) in [6.07, 6.45) is 1.19. The SMILES string of the molecule is O=[N+]([O-])c1ccc(COc2c(Cl)cc(/C=N\O)cc2Cl)cc1. The highest BCUT2D eigenvalue weighted by Crippen LogP contribution is 2.34. The third-order valence-electron chi connectivity index (χ3n) is 2.76. The van der Waals surface area contributed by atoms with Crippen molar-refractivity contribution in [2.45, 2.75) is 6.61 Å². The zero-order valence-electron chi connectivity index (χ0n) is 11.1. The van der Waals surface area contributed by atoms with Crippen molar-refractivity contribution < 1.29 is 14.9 Å². The summed E-state index contributed by atoms with van der Waals surface area (Å²) in [7, 11) is 0. The van der Waals surface area contributed by atoms with E-state index in [1.54, 1.807) is 24.3 Å². The first-order valence-electron chi connectivity index (χ1n) is 6.04. The lowest BCUT2D eigenvalue weighted by atomic mass is 10.2. The van der Waals surface area contributed by atoms with Crippen LogP contribution in [0, 0.1) is 10.1 Å². The second kappa shape index (κ2) is 7.11. The maximum absolute atomic E-state index is 10.6. The van der Waals surface area contributed by atoms with E-state index in [-0.39, 0.29) is 28.1 Å². The zero-order chi connectivity index (χ0) is 16.1. The maximum Gasteiger partial charge on any atom is 0.269 e. The number of ether oxygens (including phenoxy) is 1. The van der Waals surface area contributed by atoms with Gasteiger partial charge in [0, 0.05) is 12.1 Å². The van der Waals surface area contributed by atoms with E-state index in [1.165, 1.54) is 18.3 Å². The number of oxime groups is 1. The van der Waals surface area contributed by atoms with Crippen LogP contribution in [-0.2, 0) is 6.61 Å². The molecule has 22 heavy (non-hydrogen) atoms. The molecule has 0 aliphatic carbocycles. The van der Waals surface area contributed by atoms with E-state index in [9.17, 15) is 10.1 Å². The van der Waals surface area contributed by atoms with Crippen LogP contribution in [0.15, 0.2) is 41.6 Å². The van der Waals surface area contributed by atoms with Crippen molar-refractivity contribution in [2.75, 3.05) is 0 Å². The molecule has 0 saturated carbocycles. The molecule has 1 N–H and O–H groups in total. The second-order valence-electron chi connectivity index (χ2n) is 4.27. The molecular weight excluding hydrogens is 331 g/mol. The monoisotopic (exact) mass is 340 g/mol. The Labute approximate surface area is 135 Å². The van der Waals surface area contributed by atoms with Crippen LogP contribution in [0.4, 0.5) is 5.69 Å². The summed E-state index contributed by atoms with van der Waals surface area (Å²) in [5.74, 6) is 0.289. The van der Waals surface area contributed by atoms with Crippen molar-refractivity contribution in [3.63, 3.8) is 0 Å². The third kappa shape index (κ3) is 3.87. The Bertz CT molecular complexity index is 694. The van der Waals surface area contributed by atoms with Gasteiger partial charge in [-0.3, -0.25) is 10.1 Å². The molecule has 2 aromatic carbocycles. The smallest absolute Gasteiger partial charge is 0.269 e. The fourth-order valence-electron chi connectivity index (χ4n) is 1.73. The number of rotatable bonds is 5. The molecule has 0 atom stereocenters. The molecule has 2 aromatic rings. The minimum atomic E-state index is -0.472. The highest BCUT2D eigenvalue weighted by molar-refractivity contribution is 6.37. The van der Waals surface area contributed by atoms with Gasteiger partial charge in [-0.1, -0.05) is 28.4 Å². The normalized spacial score (nSPS) is 10.8. The minimum Gasteiger partial charge on any atom is -0.486 e. The van der Waals surface area contributed by atoms with Gasteiger partial charge in [0.15, 0.2) is 5.75 Å². The average molecular weight is 341 g/mol. The van der Waals surface area contributed by atoms with Crippen molar-refractivity contribution in [1.29, 1.82) is 0 Å². The Kier molecular flexibility index (Phi) is 5.19. The highest BCUT2D eigenvalue weighted by Gasteiger charge is 2.10. The summed E-state index contributed by atoms with van der Waals surface area (Å²) < 4.78 is 5.55. The first kappa shape index (κ1) is 16.1. The summed E-state index contributed by atoms with van der Waals surface area (Å²) in [4.78, 5) is 10.1. The largest absolute Gasteiger partial charge is 0.486 e. The van der Waals surface area contributed by atoms with Crippen LogP contribution in [0.3, 0.4) is 0 Å². The van der Waals surface area contributed by atoms with Crippen LogP contribution in [0.5, 0.6) is 5.75 Å². The Morgan fingerprint density at radius 2 is 1.82 bits per heavy atom. The van der Waals surface area contributed by atoms with Crippen molar-refractivity contribution >= 4 is 35.1 Å². The first-order valence-corrected chi connectivity index (χ1v) is 6.79. The lowest BCUT2D eigenvalue weighted by molar-refractivity contribution is -0.384. The molecule has 0 bridgehead atoms. The highest BCUT2D eigenvalue weighted by atomic mass is 35.5. The number of nitro benzene ring substituents is 1. The Morgan fingerprint density at radius 3 is 2.32 bits per heavy atom. The fraction of sp³-hybridized carbons (Fsp3) is 0.0714. The molecule has 0 radical (unpaired) electrons. The van der Waals surface area contributed by atoms with Gasteiger partial charge in [0.2, 0.25) is 0 Å². The Balaban J connectivity index is 2.12. The van der Waals surface area contributed by atoms with Crippen molar-refractivity contribution in [1.82, 2.24) is 0 Å². The van der Waals surface area contributed by atoms with Gasteiger partial charge in [-0.2, -0.15) is 0 Å². The van der Waals surface area contributed by atoms with E-state index in [1.807, 2.05) is 0 Å². The minimum absolute atomic E-state index is 0.00691. The molecule has 0 fully saturated rings. The Hall–Kier alpha value is -2.31. The summed E-state index contributed by atoms with van der Waals surface area (Å²) in [5, 5.41) is 22.5. The molecule has 0 saturated heterocycles. The second-order valence-corrected chi connectivity index (χ2v) is 5.08. The third-order valence-corrected chi connectivity index (χ3v) is 3.32. The van der Waals surface area contributed by atoms with Crippen molar-refractivity contribution in [3.8, 4) is 5.75 Å². The molecule has 0 amide bonds. The van der Waals surface area contributed by atoms with Gasteiger partial charge in [0.1, 0.15) is 6.61 Å². The van der Waals surface area contributed by atoms with Crippen LogP contribution in [0.25, 0.3) is 0 Å². The van der Waals surface area contributed by atoms with Gasteiger partial charge in [-0.05, 0) is 35.4 Å². The number of halogens is 2. The van der Waals surface area contributed by atoms with E-state index in [4.69, 9.17) is 33.1 Å². The van der Waals surface area contributed by atoms with Gasteiger partial charge >= 0.3 is 0 Å². The number of hydrogen-bond acceptors (Lipinski definition) is 5. The summed E-state index contributed by atoms with van der Waals surface area (Å²) in [6.45, 7) is 0.158. The molecule has 0 aliphatic heterocycles. The molecule has 0 aromatic heterocycles. The van der Waals surface area contributed by atoms with Crippen molar-refractivity contribution in [2.24, 2.45) is 5.16 Å². The first-order chi connectivity index (χ1) is 10.5. The summed E-state index contributed by atoms with van der Waals surface area (Å²) in [5.41, 5.74) is 1.27. The van der Waals surface area contributed by atoms with Gasteiger partial charge < -0.3 is 9.94 Å². The van der Waals surface area contributed by atoms with Gasteiger partial charge in [0.05, 0.1) is 21.2 Å². The van der Waals surface area contributed by atoms with Crippen LogP contribution >= 0.6 is 23.2 Å². The van der Waals surface area contributed by atoms with E-state index in [0.717, 1.165) is 5.56 Å². The number of hydrogen-bond donors (Lipinski definition) is 1. The van der Waals surface area contributed by atoms with Crippen LogP contribution < -0.4 is 4.74 Å². The molecule has 6 nitrogen and oxygen atoms in total. The molecule has 2 rings (SSSR count). The van der Waals surface area contributed by atoms with Gasteiger partial charge in [-0.15, -0.1) is 0 Å². The number of non-ortho nitro benzene ring substituents is 1. The number of benzene rings is 2. The molecule has 0 heterocycles. The van der Waals surface area contributed by atoms with E-state index >= 15 is 0 Å². The van der Waals surface area contributed by atoms with Crippen LogP contribution in [0.2, 0.25) is 10.0 Å². The standard InChI is InChI=1S/C14H10Cl2N2O4/c15-12-5-10(7-17-19)6-13(16)14(12)22-8-9-1-3-11(4-2-9)18(20)21/h1-7,19H,8H2/b17-7-. The molecule has 0 unspecified atom stereocenters. The molecule has 8 heteroatoms. The average Bonchev–Trinajstić information content (AvgIpc) is 2.47. The molecule has 114 valence electrons. The number of nitrogens with zero attached hydrogens (tertiary/aromatic N) is 2. The van der Waals surface area contributed by atoms with E-state index in [0.29, 0.717) is 5.56 Å². The summed E-state index contributed by atoms with van der Waals surface area (Å²) in [6, 6.07) is 9.04. The van der Waals surface area contributed by atoms with E-state index in [2.05, 4.69) is 5.16 Å². The predicted molar refractivity (Wildman–Crippen MR) is 83.3 cm³/mol. The fourth-order valence-corrected chi connectivity index (χ4v) is 2.34. The zero-order valence-corrected chi connectivity index (χ0v) is 12.6. The quantitative estimate of drug-likeness (QED) is 0.380. The van der Waals surface area contributed by atoms with Crippen LogP contribution in [-0.4, -0.2) is 16.3 Å². The topological polar surface area (TPSA) is 85.0 Å². The predicted octanol–water partition coefficient (Wildman–Crippen LogP) is 4.29. The van der Waals surface area contributed by atoms with Crippen LogP contribution in [0.1, 0.15) is 11.1 Å².